The maximum absolute atomic E-state index is 6.03. The van der Waals surface area contributed by atoms with E-state index < -0.39 is 0 Å². The van der Waals surface area contributed by atoms with Gasteiger partial charge in [0.1, 0.15) is 5.75 Å². The summed E-state index contributed by atoms with van der Waals surface area (Å²) in [5.74, 6) is 0.839. The van der Waals surface area contributed by atoms with Crippen LogP contribution in [0.25, 0.3) is 6.08 Å². The Balaban J connectivity index is 1.64. The van der Waals surface area contributed by atoms with E-state index in [4.69, 9.17) is 9.47 Å². The second kappa shape index (κ2) is 9.62. The molecule has 1 atom stereocenters. The van der Waals surface area contributed by atoms with Crippen LogP contribution in [0.2, 0.25) is 0 Å². The maximum atomic E-state index is 6.03. The van der Waals surface area contributed by atoms with Gasteiger partial charge >= 0.3 is 0 Å². The van der Waals surface area contributed by atoms with E-state index in [1.807, 2.05) is 18.2 Å². The van der Waals surface area contributed by atoms with Crippen molar-refractivity contribution in [2.24, 2.45) is 0 Å². The third-order valence-electron chi connectivity index (χ3n) is 5.88. The second-order valence-corrected chi connectivity index (χ2v) is 9.34. The van der Waals surface area contributed by atoms with Gasteiger partial charge in [-0.15, -0.1) is 0 Å². The molecule has 3 nitrogen and oxygen atoms in total. The highest BCUT2D eigenvalue weighted by molar-refractivity contribution is 5.77. The van der Waals surface area contributed by atoms with Gasteiger partial charge in [0, 0.05) is 23.5 Å². The van der Waals surface area contributed by atoms with E-state index in [1.165, 1.54) is 5.56 Å². The summed E-state index contributed by atoms with van der Waals surface area (Å²) in [6.07, 6.45) is 4.95. The first-order valence-electron chi connectivity index (χ1n) is 11.5. The molecule has 1 aliphatic heterocycles. The van der Waals surface area contributed by atoms with Gasteiger partial charge in [-0.3, -0.25) is 0 Å². The highest BCUT2D eigenvalue weighted by Crippen LogP contribution is 2.37. The fourth-order valence-electron chi connectivity index (χ4n) is 3.95. The summed E-state index contributed by atoms with van der Waals surface area (Å²) in [6, 6.07) is 25.6. The zero-order valence-electron chi connectivity index (χ0n) is 19.4. The lowest BCUT2D eigenvalue weighted by Gasteiger charge is -2.27. The van der Waals surface area contributed by atoms with Crippen LogP contribution in [0.1, 0.15) is 51.2 Å². The van der Waals surface area contributed by atoms with Crippen LogP contribution in [0.15, 0.2) is 79.4 Å². The van der Waals surface area contributed by atoms with Crippen molar-refractivity contribution < 1.29 is 9.47 Å². The Morgan fingerprint density at radius 1 is 0.844 bits per heavy atom. The molecule has 1 fully saturated rings. The molecule has 1 heterocycles. The van der Waals surface area contributed by atoms with Crippen LogP contribution in [0.3, 0.4) is 0 Å². The zero-order valence-corrected chi connectivity index (χ0v) is 19.4. The van der Waals surface area contributed by atoms with Crippen molar-refractivity contribution in [3.8, 4) is 5.75 Å². The third kappa shape index (κ3) is 5.23. The van der Waals surface area contributed by atoms with Gasteiger partial charge in [0.05, 0.1) is 6.61 Å². The van der Waals surface area contributed by atoms with Crippen molar-refractivity contribution in [2.45, 2.75) is 51.7 Å². The molecule has 0 amide bonds. The molecule has 1 aliphatic rings. The van der Waals surface area contributed by atoms with Crippen molar-refractivity contribution in [1.82, 2.24) is 0 Å². The quantitative estimate of drug-likeness (QED) is 0.398. The van der Waals surface area contributed by atoms with Crippen LogP contribution >= 0.6 is 0 Å². The topological polar surface area (TPSA) is 21.7 Å². The Kier molecular flexibility index (Phi) is 6.66. The molecule has 3 heteroatoms. The SMILES string of the molecule is C=Cc1ccc(N(c2ccc(OC3CCCCO3)cc2)c2ccc(C(C)(C)C)cc2)cc1. The van der Waals surface area contributed by atoms with Crippen molar-refractivity contribution in [1.29, 1.82) is 0 Å². The number of ether oxygens (including phenoxy) is 2. The van der Waals surface area contributed by atoms with Crippen LogP contribution in [-0.2, 0) is 10.2 Å². The van der Waals surface area contributed by atoms with Gasteiger partial charge in [0.25, 0.3) is 0 Å². The van der Waals surface area contributed by atoms with Crippen molar-refractivity contribution in [3.05, 3.63) is 90.5 Å². The van der Waals surface area contributed by atoms with Crippen LogP contribution in [0.5, 0.6) is 5.75 Å². The normalized spacial score (nSPS) is 16.4. The summed E-state index contributed by atoms with van der Waals surface area (Å²) in [6.45, 7) is 11.4. The van der Waals surface area contributed by atoms with E-state index in [-0.39, 0.29) is 11.7 Å². The highest BCUT2D eigenvalue weighted by atomic mass is 16.7. The highest BCUT2D eigenvalue weighted by Gasteiger charge is 2.18. The van der Waals surface area contributed by atoms with Crippen molar-refractivity contribution >= 4 is 23.1 Å². The molecule has 32 heavy (non-hydrogen) atoms. The minimum Gasteiger partial charge on any atom is -0.465 e. The minimum atomic E-state index is -0.137. The molecule has 166 valence electrons. The summed E-state index contributed by atoms with van der Waals surface area (Å²) in [5.41, 5.74) is 5.84. The summed E-state index contributed by atoms with van der Waals surface area (Å²) in [4.78, 5) is 2.26. The molecule has 1 saturated heterocycles. The molecule has 4 rings (SSSR count). The van der Waals surface area contributed by atoms with Crippen LogP contribution in [0.4, 0.5) is 17.1 Å². The molecular formula is C29H33NO2. The monoisotopic (exact) mass is 427 g/mol. The van der Waals surface area contributed by atoms with E-state index in [0.29, 0.717) is 0 Å². The molecule has 0 spiro atoms. The summed E-state index contributed by atoms with van der Waals surface area (Å²) < 4.78 is 11.8. The summed E-state index contributed by atoms with van der Waals surface area (Å²) in [7, 11) is 0. The van der Waals surface area contributed by atoms with Gasteiger partial charge in [-0.05, 0) is 77.9 Å². The molecule has 1 unspecified atom stereocenters. The van der Waals surface area contributed by atoms with Gasteiger partial charge < -0.3 is 14.4 Å². The van der Waals surface area contributed by atoms with Gasteiger partial charge in [-0.1, -0.05) is 57.7 Å². The smallest absolute Gasteiger partial charge is 0.199 e. The fourth-order valence-corrected chi connectivity index (χ4v) is 3.95. The molecule has 0 aliphatic carbocycles. The zero-order chi connectivity index (χ0) is 22.6. The lowest BCUT2D eigenvalue weighted by molar-refractivity contribution is -0.105. The summed E-state index contributed by atoms with van der Waals surface area (Å²) >= 11 is 0. The minimum absolute atomic E-state index is 0.120. The van der Waals surface area contributed by atoms with E-state index in [9.17, 15) is 0 Å². The van der Waals surface area contributed by atoms with Crippen LogP contribution in [0, 0.1) is 0 Å². The summed E-state index contributed by atoms with van der Waals surface area (Å²) in [5, 5.41) is 0. The number of anilines is 3. The van der Waals surface area contributed by atoms with Gasteiger partial charge in [-0.2, -0.15) is 0 Å². The molecule has 0 bridgehead atoms. The Hall–Kier alpha value is -3.04. The number of nitrogens with zero attached hydrogens (tertiary/aromatic N) is 1. The van der Waals surface area contributed by atoms with Gasteiger partial charge in [-0.25, -0.2) is 0 Å². The number of benzene rings is 3. The lowest BCUT2D eigenvalue weighted by atomic mass is 9.87. The van der Waals surface area contributed by atoms with Crippen LogP contribution in [-0.4, -0.2) is 12.9 Å². The Morgan fingerprint density at radius 2 is 1.41 bits per heavy atom. The Labute approximate surface area is 192 Å². The number of hydrogen-bond acceptors (Lipinski definition) is 3. The molecule has 0 radical (unpaired) electrons. The first kappa shape index (κ1) is 22.2. The van der Waals surface area contributed by atoms with Gasteiger partial charge in [0.2, 0.25) is 0 Å². The lowest BCUT2D eigenvalue weighted by Crippen LogP contribution is -2.24. The maximum Gasteiger partial charge on any atom is 0.199 e. The molecular weight excluding hydrogens is 394 g/mol. The number of rotatable bonds is 6. The van der Waals surface area contributed by atoms with E-state index in [1.54, 1.807) is 0 Å². The first-order chi connectivity index (χ1) is 15.4. The van der Waals surface area contributed by atoms with Crippen molar-refractivity contribution in [3.63, 3.8) is 0 Å². The molecule has 0 saturated carbocycles. The predicted molar refractivity (Wildman–Crippen MR) is 134 cm³/mol. The van der Waals surface area contributed by atoms with Gasteiger partial charge in [0.15, 0.2) is 6.29 Å². The largest absolute Gasteiger partial charge is 0.465 e. The van der Waals surface area contributed by atoms with E-state index >= 15 is 0 Å². The average molecular weight is 428 g/mol. The molecule has 3 aromatic carbocycles. The van der Waals surface area contributed by atoms with E-state index in [0.717, 1.165) is 54.2 Å². The second-order valence-electron chi connectivity index (χ2n) is 9.34. The fraction of sp³-hybridized carbons (Fsp3) is 0.310. The first-order valence-corrected chi connectivity index (χ1v) is 11.5. The standard InChI is InChI=1S/C29H33NO2/c1-5-22-9-13-24(14-10-22)30(25-15-11-23(12-16-25)29(2,3)4)26-17-19-27(20-18-26)32-28-8-6-7-21-31-28/h5,9-20,28H,1,6-8,21H2,2-4H3. The van der Waals surface area contributed by atoms with Crippen molar-refractivity contribution in [2.75, 3.05) is 11.5 Å². The predicted octanol–water partition coefficient (Wildman–Crippen LogP) is 8.00. The van der Waals surface area contributed by atoms with Crippen LogP contribution < -0.4 is 9.64 Å². The number of hydrogen-bond donors (Lipinski definition) is 0. The molecule has 0 aromatic heterocycles. The third-order valence-corrected chi connectivity index (χ3v) is 5.88. The average Bonchev–Trinajstić information content (AvgIpc) is 2.81. The Morgan fingerprint density at radius 3 is 1.91 bits per heavy atom. The van der Waals surface area contributed by atoms with E-state index in [2.05, 4.69) is 92.9 Å². The Bertz CT molecular complexity index is 1010. The molecule has 0 N–H and O–H groups in total. The molecule has 3 aromatic rings.